The van der Waals surface area contributed by atoms with Gasteiger partial charge < -0.3 is 10.4 Å². The van der Waals surface area contributed by atoms with Gasteiger partial charge in [0.1, 0.15) is 11.6 Å². The molecule has 0 saturated carbocycles. The van der Waals surface area contributed by atoms with Crippen molar-refractivity contribution in [2.45, 2.75) is 13.1 Å². The van der Waals surface area contributed by atoms with Crippen LogP contribution in [0.3, 0.4) is 0 Å². The van der Waals surface area contributed by atoms with Crippen LogP contribution in [-0.4, -0.2) is 26.5 Å². The number of aromatic nitrogens is 2. The molecule has 0 atom stereocenters. The molecule has 0 bridgehead atoms. The summed E-state index contributed by atoms with van der Waals surface area (Å²) in [5.74, 6) is -3.49. The molecule has 0 unspecified atom stereocenters. The standard InChI is InChI=1S/C21H16F2N4O4/c1-26-20(31)17(28)16(18(29)24-9-11-2-5-13(22)6-3-11)25-21(26)27-10-12-4-7-14(23)8-15(12)19(27)30/h2-8,28H,9-10H2,1H3,(H,24,29). The fraction of sp³-hybridized carbons (Fsp3) is 0.143. The minimum Gasteiger partial charge on any atom is -0.501 e. The number of nitrogens with zero attached hydrogens (tertiary/aromatic N) is 3. The minimum absolute atomic E-state index is 0.00185. The average molecular weight is 426 g/mol. The van der Waals surface area contributed by atoms with E-state index in [9.17, 15) is 28.3 Å². The van der Waals surface area contributed by atoms with Crippen LogP contribution in [0, 0.1) is 11.6 Å². The lowest BCUT2D eigenvalue weighted by molar-refractivity contribution is 0.0938. The molecule has 0 spiro atoms. The largest absolute Gasteiger partial charge is 0.501 e. The number of aromatic hydroxyl groups is 1. The van der Waals surface area contributed by atoms with Crippen molar-refractivity contribution >= 4 is 17.8 Å². The molecular weight excluding hydrogens is 410 g/mol. The Hall–Kier alpha value is -4.08. The average Bonchev–Trinajstić information content (AvgIpc) is 3.07. The summed E-state index contributed by atoms with van der Waals surface area (Å²) in [6.07, 6.45) is 0. The van der Waals surface area contributed by atoms with Gasteiger partial charge in [0.2, 0.25) is 11.7 Å². The molecule has 2 heterocycles. The van der Waals surface area contributed by atoms with E-state index in [1.54, 1.807) is 0 Å². The van der Waals surface area contributed by atoms with Crippen molar-refractivity contribution in [2.24, 2.45) is 7.05 Å². The maximum atomic E-state index is 13.5. The summed E-state index contributed by atoms with van der Waals surface area (Å²) in [5.41, 5.74) is -0.229. The van der Waals surface area contributed by atoms with Crippen molar-refractivity contribution < 1.29 is 23.5 Å². The van der Waals surface area contributed by atoms with Gasteiger partial charge in [0.05, 0.1) is 6.54 Å². The van der Waals surface area contributed by atoms with Crippen molar-refractivity contribution in [1.82, 2.24) is 14.9 Å². The Balaban J connectivity index is 1.65. The van der Waals surface area contributed by atoms with Crippen LogP contribution in [0.5, 0.6) is 5.75 Å². The quantitative estimate of drug-likeness (QED) is 0.663. The second-order valence-corrected chi connectivity index (χ2v) is 6.98. The Morgan fingerprint density at radius 3 is 2.52 bits per heavy atom. The highest BCUT2D eigenvalue weighted by Crippen LogP contribution is 2.28. The molecule has 1 aliphatic rings. The van der Waals surface area contributed by atoms with Crippen LogP contribution in [0.15, 0.2) is 47.3 Å². The summed E-state index contributed by atoms with van der Waals surface area (Å²) < 4.78 is 27.5. The lowest BCUT2D eigenvalue weighted by Gasteiger charge is -2.19. The van der Waals surface area contributed by atoms with Gasteiger partial charge in [0.15, 0.2) is 5.69 Å². The number of rotatable bonds is 4. The Morgan fingerprint density at radius 1 is 1.13 bits per heavy atom. The topological polar surface area (TPSA) is 105 Å². The molecule has 1 aliphatic heterocycles. The van der Waals surface area contributed by atoms with E-state index in [1.807, 2.05) is 0 Å². The summed E-state index contributed by atoms with van der Waals surface area (Å²) in [4.78, 5) is 42.9. The Bertz CT molecular complexity index is 1270. The van der Waals surface area contributed by atoms with Crippen molar-refractivity contribution in [3.63, 3.8) is 0 Å². The lowest BCUT2D eigenvalue weighted by Crippen LogP contribution is -2.34. The molecule has 1 aromatic heterocycles. The van der Waals surface area contributed by atoms with E-state index >= 15 is 0 Å². The van der Waals surface area contributed by atoms with Crippen LogP contribution < -0.4 is 15.8 Å². The van der Waals surface area contributed by atoms with Crippen molar-refractivity contribution in [1.29, 1.82) is 0 Å². The SMILES string of the molecule is Cn1c(N2Cc3ccc(F)cc3C2=O)nc(C(=O)NCc2ccc(F)cc2)c(O)c1=O. The Labute approximate surface area is 174 Å². The molecule has 0 saturated heterocycles. The maximum absolute atomic E-state index is 13.5. The van der Waals surface area contributed by atoms with Crippen molar-refractivity contribution in [3.05, 3.63) is 86.8 Å². The molecule has 2 amide bonds. The number of nitrogens with one attached hydrogen (secondary N) is 1. The lowest BCUT2D eigenvalue weighted by atomic mass is 10.1. The van der Waals surface area contributed by atoms with Gasteiger partial charge in [0, 0.05) is 19.2 Å². The predicted molar refractivity (Wildman–Crippen MR) is 106 cm³/mol. The van der Waals surface area contributed by atoms with Crippen LogP contribution in [0.1, 0.15) is 32.0 Å². The third-order valence-corrected chi connectivity index (χ3v) is 4.94. The number of hydrogen-bond acceptors (Lipinski definition) is 5. The van der Waals surface area contributed by atoms with E-state index in [1.165, 1.54) is 43.4 Å². The van der Waals surface area contributed by atoms with Gasteiger partial charge >= 0.3 is 0 Å². The van der Waals surface area contributed by atoms with Crippen LogP contribution in [0.4, 0.5) is 14.7 Å². The molecule has 4 rings (SSSR count). The molecule has 8 nitrogen and oxygen atoms in total. The van der Waals surface area contributed by atoms with Crippen LogP contribution in [-0.2, 0) is 20.1 Å². The summed E-state index contributed by atoms with van der Waals surface area (Å²) in [6.45, 7) is 0.0221. The van der Waals surface area contributed by atoms with Crippen LogP contribution in [0.25, 0.3) is 0 Å². The number of anilines is 1. The second-order valence-electron chi connectivity index (χ2n) is 6.98. The van der Waals surface area contributed by atoms with Crippen LogP contribution >= 0.6 is 0 Å². The van der Waals surface area contributed by atoms with E-state index < -0.39 is 40.5 Å². The van der Waals surface area contributed by atoms with Crippen molar-refractivity contribution in [2.75, 3.05) is 4.90 Å². The zero-order valence-corrected chi connectivity index (χ0v) is 16.2. The van der Waals surface area contributed by atoms with Gasteiger partial charge in [-0.05, 0) is 35.4 Å². The molecule has 0 fully saturated rings. The first-order chi connectivity index (χ1) is 14.8. The monoisotopic (exact) mass is 426 g/mol. The first-order valence-electron chi connectivity index (χ1n) is 9.19. The number of hydrogen-bond donors (Lipinski definition) is 2. The third-order valence-electron chi connectivity index (χ3n) is 4.94. The predicted octanol–water partition coefficient (Wildman–Crippen LogP) is 1.85. The highest BCUT2D eigenvalue weighted by molar-refractivity contribution is 6.09. The van der Waals surface area contributed by atoms with E-state index in [-0.39, 0.29) is 24.6 Å². The molecule has 2 N–H and O–H groups in total. The van der Waals surface area contributed by atoms with E-state index in [0.717, 1.165) is 15.5 Å². The fourth-order valence-corrected chi connectivity index (χ4v) is 3.28. The Morgan fingerprint density at radius 2 is 1.81 bits per heavy atom. The number of carbonyl (C=O) groups is 2. The normalized spacial score (nSPS) is 12.7. The number of carbonyl (C=O) groups excluding carboxylic acids is 2. The fourth-order valence-electron chi connectivity index (χ4n) is 3.28. The number of benzene rings is 2. The van der Waals surface area contributed by atoms with Gasteiger partial charge in [-0.3, -0.25) is 23.9 Å². The molecule has 10 heteroatoms. The highest BCUT2D eigenvalue weighted by atomic mass is 19.1. The van der Waals surface area contributed by atoms with E-state index in [2.05, 4.69) is 10.3 Å². The number of amides is 2. The second kappa shape index (κ2) is 7.63. The van der Waals surface area contributed by atoms with Gasteiger partial charge in [-0.15, -0.1) is 0 Å². The molecule has 31 heavy (non-hydrogen) atoms. The zero-order chi connectivity index (χ0) is 22.3. The molecule has 0 aliphatic carbocycles. The minimum atomic E-state index is -0.924. The van der Waals surface area contributed by atoms with Crippen molar-refractivity contribution in [3.8, 4) is 5.75 Å². The van der Waals surface area contributed by atoms with Gasteiger partial charge in [-0.25, -0.2) is 13.8 Å². The highest BCUT2D eigenvalue weighted by Gasteiger charge is 2.33. The number of halogens is 2. The number of fused-ring (bicyclic) bond motifs is 1. The summed E-state index contributed by atoms with van der Waals surface area (Å²) in [7, 11) is 1.29. The molecule has 2 aromatic carbocycles. The van der Waals surface area contributed by atoms with Gasteiger partial charge in [0.25, 0.3) is 17.4 Å². The molecular formula is C21H16F2N4O4. The van der Waals surface area contributed by atoms with E-state index in [0.29, 0.717) is 11.1 Å². The zero-order valence-electron chi connectivity index (χ0n) is 16.2. The molecule has 158 valence electrons. The van der Waals surface area contributed by atoms with Crippen LogP contribution in [0.2, 0.25) is 0 Å². The van der Waals surface area contributed by atoms with Gasteiger partial charge in [-0.2, -0.15) is 0 Å². The maximum Gasteiger partial charge on any atom is 0.297 e. The smallest absolute Gasteiger partial charge is 0.297 e. The molecule has 0 radical (unpaired) electrons. The molecule has 3 aromatic rings. The summed E-state index contributed by atoms with van der Waals surface area (Å²) in [5, 5.41) is 12.7. The summed E-state index contributed by atoms with van der Waals surface area (Å²) >= 11 is 0. The van der Waals surface area contributed by atoms with E-state index in [4.69, 9.17) is 0 Å². The summed E-state index contributed by atoms with van der Waals surface area (Å²) in [6, 6.07) is 9.16. The first kappa shape index (κ1) is 20.2. The Kier molecular flexibility index (Phi) is 4.97. The first-order valence-corrected chi connectivity index (χ1v) is 9.19. The van der Waals surface area contributed by atoms with Gasteiger partial charge in [-0.1, -0.05) is 18.2 Å². The third kappa shape index (κ3) is 3.63.